The molecule has 0 spiro atoms. The van der Waals surface area contributed by atoms with Crippen LogP contribution in [0.15, 0.2) is 0 Å². The van der Waals surface area contributed by atoms with Crippen molar-refractivity contribution in [3.8, 4) is 6.07 Å². The lowest BCUT2D eigenvalue weighted by Crippen LogP contribution is -2.37. The van der Waals surface area contributed by atoms with Gasteiger partial charge >= 0.3 is 0 Å². The van der Waals surface area contributed by atoms with Crippen molar-refractivity contribution in [2.75, 3.05) is 19.3 Å². The largest absolute Gasteiger partial charge is 0.213 e. The number of rotatable bonds is 4. The van der Waals surface area contributed by atoms with Crippen molar-refractivity contribution in [3.63, 3.8) is 0 Å². The van der Waals surface area contributed by atoms with E-state index in [2.05, 4.69) is 0 Å². The Bertz CT molecular complexity index is 309. The molecule has 4 nitrogen and oxygen atoms in total. The molecule has 0 unspecified atom stereocenters. The first-order valence-electron chi connectivity index (χ1n) is 4.49. The fraction of sp³-hybridized carbons (Fsp3) is 0.889. The SMILES string of the molecule is CC(C)(C)CN(CCC#N)S(C)(=O)=O. The number of hydrogen-bond donors (Lipinski definition) is 0. The Morgan fingerprint density at radius 2 is 1.86 bits per heavy atom. The van der Waals surface area contributed by atoms with Crippen molar-refractivity contribution in [2.24, 2.45) is 5.41 Å². The Labute approximate surface area is 86.6 Å². The predicted molar refractivity (Wildman–Crippen MR) is 56.1 cm³/mol. The zero-order chi connectivity index (χ0) is 11.4. The molecule has 0 aromatic heterocycles. The molecule has 0 atom stereocenters. The molecule has 0 aromatic carbocycles. The molecule has 0 bridgehead atoms. The van der Waals surface area contributed by atoms with Gasteiger partial charge in [-0.2, -0.15) is 5.26 Å². The third-order valence-corrected chi connectivity index (χ3v) is 2.84. The third kappa shape index (κ3) is 5.95. The minimum atomic E-state index is -3.19. The zero-order valence-corrected chi connectivity index (χ0v) is 10.1. The van der Waals surface area contributed by atoms with Crippen LogP contribution < -0.4 is 0 Å². The number of hydrogen-bond acceptors (Lipinski definition) is 3. The van der Waals surface area contributed by atoms with Crippen LogP contribution in [0.25, 0.3) is 0 Å². The number of nitriles is 1. The van der Waals surface area contributed by atoms with Gasteiger partial charge in [0.15, 0.2) is 0 Å². The molecule has 0 heterocycles. The molecule has 0 aromatic rings. The molecule has 0 fully saturated rings. The van der Waals surface area contributed by atoms with Gasteiger partial charge in [0.05, 0.1) is 12.3 Å². The Balaban J connectivity index is 4.52. The van der Waals surface area contributed by atoms with E-state index < -0.39 is 10.0 Å². The van der Waals surface area contributed by atoms with E-state index >= 15 is 0 Å². The highest BCUT2D eigenvalue weighted by molar-refractivity contribution is 7.88. The summed E-state index contributed by atoms with van der Waals surface area (Å²) in [5.74, 6) is 0. The van der Waals surface area contributed by atoms with Crippen LogP contribution in [0.5, 0.6) is 0 Å². The highest BCUT2D eigenvalue weighted by Crippen LogP contribution is 2.17. The summed E-state index contributed by atoms with van der Waals surface area (Å²) in [6, 6.07) is 1.95. The molecule has 82 valence electrons. The van der Waals surface area contributed by atoms with Crippen molar-refractivity contribution in [1.82, 2.24) is 4.31 Å². The van der Waals surface area contributed by atoms with Gasteiger partial charge in [-0.1, -0.05) is 20.8 Å². The second kappa shape index (κ2) is 4.76. The predicted octanol–water partition coefficient (Wildman–Crippen LogP) is 1.21. The average Bonchev–Trinajstić information content (AvgIpc) is 1.93. The van der Waals surface area contributed by atoms with E-state index in [4.69, 9.17) is 5.26 Å². The second-order valence-electron chi connectivity index (χ2n) is 4.57. The molecular weight excluding hydrogens is 200 g/mol. The quantitative estimate of drug-likeness (QED) is 0.712. The molecule has 0 saturated heterocycles. The highest BCUT2D eigenvalue weighted by Gasteiger charge is 2.22. The van der Waals surface area contributed by atoms with Crippen LogP contribution in [0.3, 0.4) is 0 Å². The lowest BCUT2D eigenvalue weighted by atomic mass is 9.97. The Hall–Kier alpha value is -0.600. The van der Waals surface area contributed by atoms with Gasteiger partial charge in [-0.15, -0.1) is 0 Å². The molecule has 0 aliphatic heterocycles. The molecule has 0 amide bonds. The van der Waals surface area contributed by atoms with Crippen molar-refractivity contribution >= 4 is 10.0 Å². The van der Waals surface area contributed by atoms with Crippen LogP contribution in [0.4, 0.5) is 0 Å². The van der Waals surface area contributed by atoms with Crippen molar-refractivity contribution in [1.29, 1.82) is 5.26 Å². The topological polar surface area (TPSA) is 61.2 Å². The summed E-state index contributed by atoms with van der Waals surface area (Å²) in [5.41, 5.74) is -0.0848. The van der Waals surface area contributed by atoms with Crippen LogP contribution in [-0.4, -0.2) is 32.1 Å². The van der Waals surface area contributed by atoms with Gasteiger partial charge in [0.1, 0.15) is 0 Å². The standard InChI is InChI=1S/C9H18N2O2S/c1-9(2,3)8-11(7-5-6-10)14(4,12)13/h5,7-8H2,1-4H3. The normalized spacial score (nSPS) is 12.9. The molecule has 5 heteroatoms. The van der Waals surface area contributed by atoms with E-state index in [9.17, 15) is 8.42 Å². The first-order chi connectivity index (χ1) is 6.17. The molecule has 0 aliphatic carbocycles. The molecule has 0 rings (SSSR count). The maximum absolute atomic E-state index is 11.3. The minimum Gasteiger partial charge on any atom is -0.213 e. The smallest absolute Gasteiger partial charge is 0.211 e. The fourth-order valence-corrected chi connectivity index (χ4v) is 2.11. The van der Waals surface area contributed by atoms with Crippen LogP contribution in [0, 0.1) is 16.7 Å². The van der Waals surface area contributed by atoms with Crippen molar-refractivity contribution in [3.05, 3.63) is 0 Å². The maximum atomic E-state index is 11.3. The van der Waals surface area contributed by atoms with Crippen LogP contribution in [0.2, 0.25) is 0 Å². The monoisotopic (exact) mass is 218 g/mol. The number of sulfonamides is 1. The zero-order valence-electron chi connectivity index (χ0n) is 9.24. The molecule has 0 radical (unpaired) electrons. The maximum Gasteiger partial charge on any atom is 0.211 e. The summed E-state index contributed by atoms with van der Waals surface area (Å²) in [7, 11) is -3.19. The Kier molecular flexibility index (Phi) is 4.56. The van der Waals surface area contributed by atoms with Gasteiger partial charge in [0, 0.05) is 19.5 Å². The first-order valence-corrected chi connectivity index (χ1v) is 6.34. The Morgan fingerprint density at radius 3 is 2.14 bits per heavy atom. The minimum absolute atomic E-state index is 0.0848. The van der Waals surface area contributed by atoms with E-state index in [0.717, 1.165) is 0 Å². The first kappa shape index (κ1) is 13.4. The summed E-state index contributed by atoms with van der Waals surface area (Å²) in [6.07, 6.45) is 1.42. The van der Waals surface area contributed by atoms with Crippen LogP contribution in [-0.2, 0) is 10.0 Å². The van der Waals surface area contributed by atoms with Gasteiger partial charge < -0.3 is 0 Å². The average molecular weight is 218 g/mol. The summed E-state index contributed by atoms with van der Waals surface area (Å²) in [6.45, 7) is 6.65. The summed E-state index contributed by atoms with van der Waals surface area (Å²) in [4.78, 5) is 0. The Morgan fingerprint density at radius 1 is 1.36 bits per heavy atom. The lowest BCUT2D eigenvalue weighted by Gasteiger charge is -2.27. The van der Waals surface area contributed by atoms with Crippen molar-refractivity contribution < 1.29 is 8.42 Å². The third-order valence-electron chi connectivity index (χ3n) is 1.59. The molecule has 0 saturated carbocycles. The molecule has 14 heavy (non-hydrogen) atoms. The van der Waals surface area contributed by atoms with E-state index in [1.165, 1.54) is 10.6 Å². The summed E-state index contributed by atoms with van der Waals surface area (Å²) >= 11 is 0. The van der Waals surface area contributed by atoms with Crippen LogP contribution >= 0.6 is 0 Å². The van der Waals surface area contributed by atoms with Gasteiger partial charge in [-0.3, -0.25) is 0 Å². The molecule has 0 N–H and O–H groups in total. The van der Waals surface area contributed by atoms with Gasteiger partial charge in [0.25, 0.3) is 0 Å². The van der Waals surface area contributed by atoms with E-state index in [1.54, 1.807) is 0 Å². The highest BCUT2D eigenvalue weighted by atomic mass is 32.2. The van der Waals surface area contributed by atoms with Gasteiger partial charge in [0.2, 0.25) is 10.0 Å². The second-order valence-corrected chi connectivity index (χ2v) is 6.55. The molecular formula is C9H18N2O2S. The lowest BCUT2D eigenvalue weighted by molar-refractivity contribution is 0.286. The van der Waals surface area contributed by atoms with Gasteiger partial charge in [-0.25, -0.2) is 12.7 Å². The van der Waals surface area contributed by atoms with E-state index in [-0.39, 0.29) is 18.4 Å². The number of nitrogens with zero attached hydrogens (tertiary/aromatic N) is 2. The van der Waals surface area contributed by atoms with Crippen molar-refractivity contribution in [2.45, 2.75) is 27.2 Å². The van der Waals surface area contributed by atoms with Gasteiger partial charge in [-0.05, 0) is 5.41 Å². The molecule has 0 aliphatic rings. The summed E-state index contributed by atoms with van der Waals surface area (Å²) < 4.78 is 24.0. The summed E-state index contributed by atoms with van der Waals surface area (Å²) in [5, 5.41) is 8.41. The van der Waals surface area contributed by atoms with E-state index in [1.807, 2.05) is 26.8 Å². The fourth-order valence-electron chi connectivity index (χ4n) is 1.07. The van der Waals surface area contributed by atoms with E-state index in [0.29, 0.717) is 6.54 Å². The van der Waals surface area contributed by atoms with Crippen LogP contribution in [0.1, 0.15) is 27.2 Å².